The van der Waals surface area contributed by atoms with Crippen LogP contribution < -0.4 is 4.74 Å². The maximum Gasteiger partial charge on any atom is 0.144 e. The molecular weight excluding hydrogens is 162 g/mol. The summed E-state index contributed by atoms with van der Waals surface area (Å²) in [4.78, 5) is 0. The van der Waals surface area contributed by atoms with Crippen LogP contribution in [0.2, 0.25) is 0 Å². The van der Waals surface area contributed by atoms with Crippen LogP contribution in [0.4, 0.5) is 0 Å². The Kier molecular flexibility index (Phi) is 1.97. The van der Waals surface area contributed by atoms with Crippen LogP contribution in [0.15, 0.2) is 30.5 Å². The van der Waals surface area contributed by atoms with E-state index < -0.39 is 0 Å². The number of fused-ring (bicyclic) bond motifs is 1. The largest absolute Gasteiger partial charge is 0.495 e. The first kappa shape index (κ1) is 8.17. The van der Waals surface area contributed by atoms with E-state index in [0.29, 0.717) is 0 Å². The summed E-state index contributed by atoms with van der Waals surface area (Å²) in [5.41, 5.74) is 1.24. The van der Waals surface area contributed by atoms with Crippen LogP contribution >= 0.6 is 0 Å². The molecule has 68 valence electrons. The minimum Gasteiger partial charge on any atom is -0.495 e. The minimum absolute atomic E-state index is 0.956. The summed E-state index contributed by atoms with van der Waals surface area (Å²) in [6.07, 6.45) is 2.05. The second-order valence-electron chi connectivity index (χ2n) is 3.00. The van der Waals surface area contributed by atoms with E-state index in [9.17, 15) is 0 Å². The van der Waals surface area contributed by atoms with Gasteiger partial charge in [0.25, 0.3) is 0 Å². The molecule has 0 unspecified atom stereocenters. The molecule has 0 radical (unpaired) electrons. The zero-order chi connectivity index (χ0) is 9.26. The maximum absolute atomic E-state index is 5.29. The Hall–Kier alpha value is -1.44. The van der Waals surface area contributed by atoms with E-state index in [1.54, 1.807) is 7.11 Å². The number of methoxy groups -OCH3 is 1. The molecule has 1 aromatic carbocycles. The summed E-state index contributed by atoms with van der Waals surface area (Å²) < 4.78 is 7.48. The van der Waals surface area contributed by atoms with Gasteiger partial charge in [0, 0.05) is 18.1 Å². The second-order valence-corrected chi connectivity index (χ2v) is 3.00. The van der Waals surface area contributed by atoms with Crippen molar-refractivity contribution in [3.05, 3.63) is 30.5 Å². The van der Waals surface area contributed by atoms with E-state index in [1.807, 2.05) is 18.3 Å². The van der Waals surface area contributed by atoms with Gasteiger partial charge in [-0.05, 0) is 19.1 Å². The number of hydrogen-bond acceptors (Lipinski definition) is 1. The predicted octanol–water partition coefficient (Wildman–Crippen LogP) is 2.67. The smallest absolute Gasteiger partial charge is 0.144 e. The molecular formula is C11H13NO. The van der Waals surface area contributed by atoms with Crippen molar-refractivity contribution in [1.82, 2.24) is 4.57 Å². The molecule has 0 bridgehead atoms. The van der Waals surface area contributed by atoms with Gasteiger partial charge in [0.2, 0.25) is 0 Å². The summed E-state index contributed by atoms with van der Waals surface area (Å²) >= 11 is 0. The Morgan fingerprint density at radius 1 is 1.31 bits per heavy atom. The van der Waals surface area contributed by atoms with Gasteiger partial charge in [-0.25, -0.2) is 0 Å². The van der Waals surface area contributed by atoms with Crippen molar-refractivity contribution in [3.8, 4) is 5.75 Å². The number of nitrogens with zero attached hydrogens (tertiary/aromatic N) is 1. The number of ether oxygens (including phenoxy) is 1. The number of benzene rings is 1. The highest BCUT2D eigenvalue weighted by atomic mass is 16.5. The third-order valence-corrected chi connectivity index (χ3v) is 2.31. The SMILES string of the molecule is CCn1cc(OC)c2ccccc21. The standard InChI is InChI=1S/C11H13NO/c1-3-12-8-11(13-2)9-6-4-5-7-10(9)12/h4-8H,3H2,1-2H3. The fourth-order valence-electron chi connectivity index (χ4n) is 1.64. The summed E-state index contributed by atoms with van der Waals surface area (Å²) in [5, 5.41) is 1.19. The van der Waals surface area contributed by atoms with Gasteiger partial charge in [-0.1, -0.05) is 12.1 Å². The highest BCUT2D eigenvalue weighted by Gasteiger charge is 2.05. The number of rotatable bonds is 2. The molecule has 0 fully saturated rings. The minimum atomic E-state index is 0.956. The average Bonchev–Trinajstić information content (AvgIpc) is 2.56. The highest BCUT2D eigenvalue weighted by Crippen LogP contribution is 2.27. The van der Waals surface area contributed by atoms with Gasteiger partial charge in [-0.15, -0.1) is 0 Å². The molecule has 0 atom stereocenters. The highest BCUT2D eigenvalue weighted by molar-refractivity contribution is 5.86. The average molecular weight is 175 g/mol. The third kappa shape index (κ3) is 1.18. The number of aromatic nitrogens is 1. The Labute approximate surface area is 77.7 Å². The van der Waals surface area contributed by atoms with E-state index in [1.165, 1.54) is 10.9 Å². The number of hydrogen-bond donors (Lipinski definition) is 0. The van der Waals surface area contributed by atoms with Gasteiger partial charge in [0.1, 0.15) is 5.75 Å². The lowest BCUT2D eigenvalue weighted by molar-refractivity contribution is 0.418. The fourth-order valence-corrected chi connectivity index (χ4v) is 1.64. The lowest BCUT2D eigenvalue weighted by Crippen LogP contribution is -1.89. The van der Waals surface area contributed by atoms with Crippen LogP contribution in [0.25, 0.3) is 10.9 Å². The van der Waals surface area contributed by atoms with Crippen LogP contribution in [-0.4, -0.2) is 11.7 Å². The Balaban J connectivity index is 2.74. The van der Waals surface area contributed by atoms with E-state index in [0.717, 1.165) is 12.3 Å². The molecule has 1 aromatic heterocycles. The van der Waals surface area contributed by atoms with Crippen LogP contribution in [0.1, 0.15) is 6.92 Å². The normalized spacial score (nSPS) is 10.6. The van der Waals surface area contributed by atoms with Crippen molar-refractivity contribution in [3.63, 3.8) is 0 Å². The van der Waals surface area contributed by atoms with Gasteiger partial charge < -0.3 is 9.30 Å². The van der Waals surface area contributed by atoms with Gasteiger partial charge >= 0.3 is 0 Å². The van der Waals surface area contributed by atoms with E-state index in [2.05, 4.69) is 23.6 Å². The van der Waals surface area contributed by atoms with Gasteiger partial charge in [-0.3, -0.25) is 0 Å². The zero-order valence-electron chi connectivity index (χ0n) is 7.95. The molecule has 0 aliphatic heterocycles. The monoisotopic (exact) mass is 175 g/mol. The zero-order valence-corrected chi connectivity index (χ0v) is 7.95. The molecule has 0 saturated heterocycles. The topological polar surface area (TPSA) is 14.2 Å². The molecule has 0 N–H and O–H groups in total. The Morgan fingerprint density at radius 2 is 2.08 bits per heavy atom. The molecule has 0 amide bonds. The molecule has 0 aliphatic carbocycles. The molecule has 13 heavy (non-hydrogen) atoms. The van der Waals surface area contributed by atoms with Crippen molar-refractivity contribution < 1.29 is 4.74 Å². The van der Waals surface area contributed by atoms with Crippen LogP contribution in [0.5, 0.6) is 5.75 Å². The molecule has 0 aliphatic rings. The first-order valence-electron chi connectivity index (χ1n) is 4.48. The molecule has 2 nitrogen and oxygen atoms in total. The number of para-hydroxylation sites is 1. The van der Waals surface area contributed by atoms with Crippen LogP contribution in [-0.2, 0) is 6.54 Å². The van der Waals surface area contributed by atoms with Crippen molar-refractivity contribution >= 4 is 10.9 Å². The maximum atomic E-state index is 5.29. The molecule has 2 heteroatoms. The second kappa shape index (κ2) is 3.13. The van der Waals surface area contributed by atoms with Gasteiger partial charge in [0.15, 0.2) is 0 Å². The van der Waals surface area contributed by atoms with Crippen LogP contribution in [0.3, 0.4) is 0 Å². The Bertz CT molecular complexity index is 379. The van der Waals surface area contributed by atoms with Crippen molar-refractivity contribution in [2.45, 2.75) is 13.5 Å². The van der Waals surface area contributed by atoms with Crippen LogP contribution in [0, 0.1) is 0 Å². The summed E-state index contributed by atoms with van der Waals surface area (Å²) in [5.74, 6) is 0.956. The quantitative estimate of drug-likeness (QED) is 0.684. The fraction of sp³-hybridized carbons (Fsp3) is 0.273. The number of aryl methyl sites for hydroxylation is 1. The molecule has 1 heterocycles. The van der Waals surface area contributed by atoms with Crippen molar-refractivity contribution in [2.75, 3.05) is 7.11 Å². The third-order valence-electron chi connectivity index (χ3n) is 2.31. The first-order chi connectivity index (χ1) is 6.36. The summed E-state index contributed by atoms with van der Waals surface area (Å²) in [7, 11) is 1.71. The molecule has 2 rings (SSSR count). The Morgan fingerprint density at radius 3 is 2.77 bits per heavy atom. The summed E-state index contributed by atoms with van der Waals surface area (Å²) in [6.45, 7) is 3.11. The molecule has 0 saturated carbocycles. The first-order valence-corrected chi connectivity index (χ1v) is 4.48. The predicted molar refractivity (Wildman–Crippen MR) is 54.2 cm³/mol. The van der Waals surface area contributed by atoms with E-state index in [4.69, 9.17) is 4.74 Å². The van der Waals surface area contributed by atoms with E-state index in [-0.39, 0.29) is 0 Å². The van der Waals surface area contributed by atoms with E-state index >= 15 is 0 Å². The summed E-state index contributed by atoms with van der Waals surface area (Å²) in [6, 6.07) is 8.28. The van der Waals surface area contributed by atoms with Crippen molar-refractivity contribution in [2.24, 2.45) is 0 Å². The lowest BCUT2D eigenvalue weighted by Gasteiger charge is -1.97. The molecule has 2 aromatic rings. The van der Waals surface area contributed by atoms with Crippen molar-refractivity contribution in [1.29, 1.82) is 0 Å². The molecule has 0 spiro atoms. The van der Waals surface area contributed by atoms with Gasteiger partial charge in [-0.2, -0.15) is 0 Å². The lowest BCUT2D eigenvalue weighted by atomic mass is 10.2. The van der Waals surface area contributed by atoms with Gasteiger partial charge in [0.05, 0.1) is 12.6 Å².